The standard InChI is InChI=1S/C13H22O/c1-4-7-11-14-12-8-10-13(6-3)9-5-2/h5-6,9H,2-4,7-8,10-12H2,1H3/b13-9+. The minimum Gasteiger partial charge on any atom is -0.381 e. The van der Waals surface area contributed by atoms with Gasteiger partial charge in [-0.05, 0) is 24.8 Å². The van der Waals surface area contributed by atoms with Crippen molar-refractivity contribution >= 4 is 0 Å². The van der Waals surface area contributed by atoms with E-state index in [4.69, 9.17) is 4.74 Å². The highest BCUT2D eigenvalue weighted by Crippen LogP contribution is 2.06. The van der Waals surface area contributed by atoms with Crippen molar-refractivity contribution in [2.75, 3.05) is 13.2 Å². The van der Waals surface area contributed by atoms with Crippen molar-refractivity contribution in [2.24, 2.45) is 0 Å². The second kappa shape index (κ2) is 10.3. The first kappa shape index (κ1) is 13.2. The van der Waals surface area contributed by atoms with Crippen molar-refractivity contribution in [3.05, 3.63) is 37.0 Å². The predicted octanol–water partition coefficient (Wildman–Crippen LogP) is 3.88. The number of ether oxygens (including phenoxy) is 1. The fourth-order valence-electron chi connectivity index (χ4n) is 1.13. The lowest BCUT2D eigenvalue weighted by molar-refractivity contribution is 0.129. The Morgan fingerprint density at radius 1 is 1.21 bits per heavy atom. The highest BCUT2D eigenvalue weighted by molar-refractivity contribution is 5.20. The summed E-state index contributed by atoms with van der Waals surface area (Å²) in [7, 11) is 0. The SMILES string of the molecule is C=C/C=C(\C=C)CCCOCCCC. The quantitative estimate of drug-likeness (QED) is 0.400. The molecule has 0 N–H and O–H groups in total. The lowest BCUT2D eigenvalue weighted by atomic mass is 10.1. The molecule has 0 aliphatic heterocycles. The molecule has 14 heavy (non-hydrogen) atoms. The van der Waals surface area contributed by atoms with Crippen LogP contribution < -0.4 is 0 Å². The third kappa shape index (κ3) is 7.81. The maximum atomic E-state index is 5.46. The molecule has 0 rings (SSSR count). The van der Waals surface area contributed by atoms with Crippen molar-refractivity contribution in [3.63, 3.8) is 0 Å². The Morgan fingerprint density at radius 3 is 2.50 bits per heavy atom. The molecule has 1 heteroatoms. The van der Waals surface area contributed by atoms with Crippen LogP contribution >= 0.6 is 0 Å². The summed E-state index contributed by atoms with van der Waals surface area (Å²) in [6, 6.07) is 0. The van der Waals surface area contributed by atoms with E-state index in [1.807, 2.05) is 12.2 Å². The summed E-state index contributed by atoms with van der Waals surface area (Å²) in [6.07, 6.45) is 10.1. The summed E-state index contributed by atoms with van der Waals surface area (Å²) in [6.45, 7) is 11.3. The van der Waals surface area contributed by atoms with E-state index in [2.05, 4.69) is 20.1 Å². The van der Waals surface area contributed by atoms with Gasteiger partial charge < -0.3 is 4.74 Å². The van der Waals surface area contributed by atoms with Crippen molar-refractivity contribution in [2.45, 2.75) is 32.6 Å². The van der Waals surface area contributed by atoms with Gasteiger partial charge in [0, 0.05) is 13.2 Å². The van der Waals surface area contributed by atoms with Gasteiger partial charge in [-0.2, -0.15) is 0 Å². The Bertz CT molecular complexity index is 180. The number of unbranched alkanes of at least 4 members (excludes halogenated alkanes) is 1. The molecule has 0 aromatic rings. The van der Waals surface area contributed by atoms with E-state index in [0.29, 0.717) is 0 Å². The lowest BCUT2D eigenvalue weighted by Gasteiger charge is -2.03. The van der Waals surface area contributed by atoms with Gasteiger partial charge in [0.15, 0.2) is 0 Å². The first-order valence-electron chi connectivity index (χ1n) is 5.37. The summed E-state index contributed by atoms with van der Waals surface area (Å²) in [5.41, 5.74) is 1.24. The van der Waals surface area contributed by atoms with Crippen molar-refractivity contribution in [1.82, 2.24) is 0 Å². The second-order valence-electron chi connectivity index (χ2n) is 3.25. The highest BCUT2D eigenvalue weighted by atomic mass is 16.5. The number of rotatable bonds is 9. The van der Waals surface area contributed by atoms with Gasteiger partial charge in [-0.1, -0.05) is 44.7 Å². The van der Waals surface area contributed by atoms with Crippen LogP contribution in [0.1, 0.15) is 32.6 Å². The maximum absolute atomic E-state index is 5.46. The minimum absolute atomic E-state index is 0.850. The molecule has 0 aromatic carbocycles. The third-order valence-corrected chi connectivity index (χ3v) is 1.99. The Kier molecular flexibility index (Phi) is 9.66. The summed E-state index contributed by atoms with van der Waals surface area (Å²) in [4.78, 5) is 0. The summed E-state index contributed by atoms with van der Waals surface area (Å²) in [5, 5.41) is 0. The molecule has 0 saturated carbocycles. The molecular weight excluding hydrogens is 172 g/mol. The molecule has 0 unspecified atom stereocenters. The Hall–Kier alpha value is -0.820. The normalized spacial score (nSPS) is 11.4. The van der Waals surface area contributed by atoms with Crippen LogP contribution in [0.3, 0.4) is 0 Å². The van der Waals surface area contributed by atoms with Gasteiger partial charge in [0.2, 0.25) is 0 Å². The van der Waals surface area contributed by atoms with Gasteiger partial charge in [0.05, 0.1) is 0 Å². The molecule has 80 valence electrons. The largest absolute Gasteiger partial charge is 0.381 e. The summed E-state index contributed by atoms with van der Waals surface area (Å²) < 4.78 is 5.46. The molecule has 0 fully saturated rings. The Balaban J connectivity index is 3.38. The molecule has 0 aliphatic carbocycles. The van der Waals surface area contributed by atoms with Gasteiger partial charge in [-0.15, -0.1) is 0 Å². The van der Waals surface area contributed by atoms with Gasteiger partial charge in [0.25, 0.3) is 0 Å². The van der Waals surface area contributed by atoms with Crippen LogP contribution in [0, 0.1) is 0 Å². The second-order valence-corrected chi connectivity index (χ2v) is 3.25. The van der Waals surface area contributed by atoms with Crippen LogP contribution in [0.4, 0.5) is 0 Å². The zero-order chi connectivity index (χ0) is 10.6. The van der Waals surface area contributed by atoms with E-state index in [0.717, 1.165) is 32.5 Å². The third-order valence-electron chi connectivity index (χ3n) is 1.99. The zero-order valence-electron chi connectivity index (χ0n) is 9.30. The summed E-state index contributed by atoms with van der Waals surface area (Å²) >= 11 is 0. The van der Waals surface area contributed by atoms with Crippen LogP contribution in [0.15, 0.2) is 37.0 Å². The van der Waals surface area contributed by atoms with Crippen LogP contribution in [0.25, 0.3) is 0 Å². The molecule has 0 spiro atoms. The van der Waals surface area contributed by atoms with E-state index >= 15 is 0 Å². The first-order valence-corrected chi connectivity index (χ1v) is 5.37. The molecule has 0 bridgehead atoms. The van der Waals surface area contributed by atoms with Crippen LogP contribution in [0.5, 0.6) is 0 Å². The molecule has 0 aliphatic rings. The van der Waals surface area contributed by atoms with Gasteiger partial charge >= 0.3 is 0 Å². The predicted molar refractivity (Wildman–Crippen MR) is 63.4 cm³/mol. The van der Waals surface area contributed by atoms with E-state index in [1.54, 1.807) is 6.08 Å². The topological polar surface area (TPSA) is 9.23 Å². The Labute approximate surface area is 88.2 Å². The van der Waals surface area contributed by atoms with Gasteiger partial charge in [0.1, 0.15) is 0 Å². The highest BCUT2D eigenvalue weighted by Gasteiger charge is 1.92. The summed E-state index contributed by atoms with van der Waals surface area (Å²) in [5.74, 6) is 0. The maximum Gasteiger partial charge on any atom is 0.0469 e. The number of hydrogen-bond donors (Lipinski definition) is 0. The smallest absolute Gasteiger partial charge is 0.0469 e. The number of hydrogen-bond acceptors (Lipinski definition) is 1. The van der Waals surface area contributed by atoms with Crippen molar-refractivity contribution < 1.29 is 4.74 Å². The lowest BCUT2D eigenvalue weighted by Crippen LogP contribution is -1.96. The zero-order valence-corrected chi connectivity index (χ0v) is 9.30. The molecule has 0 amide bonds. The van der Waals surface area contributed by atoms with Crippen LogP contribution in [0.2, 0.25) is 0 Å². The van der Waals surface area contributed by atoms with E-state index in [-0.39, 0.29) is 0 Å². The fraction of sp³-hybridized carbons (Fsp3) is 0.538. The first-order chi connectivity index (χ1) is 6.85. The molecule has 0 saturated heterocycles. The monoisotopic (exact) mass is 194 g/mol. The van der Waals surface area contributed by atoms with E-state index in [9.17, 15) is 0 Å². The van der Waals surface area contributed by atoms with Crippen LogP contribution in [-0.4, -0.2) is 13.2 Å². The average molecular weight is 194 g/mol. The van der Waals surface area contributed by atoms with E-state index < -0.39 is 0 Å². The Morgan fingerprint density at radius 2 is 1.93 bits per heavy atom. The molecule has 0 radical (unpaired) electrons. The average Bonchev–Trinajstić information content (AvgIpc) is 2.21. The molecule has 0 heterocycles. The van der Waals surface area contributed by atoms with E-state index in [1.165, 1.54) is 12.0 Å². The van der Waals surface area contributed by atoms with Crippen LogP contribution in [-0.2, 0) is 4.74 Å². The minimum atomic E-state index is 0.850. The molecule has 1 nitrogen and oxygen atoms in total. The fourth-order valence-corrected chi connectivity index (χ4v) is 1.13. The van der Waals surface area contributed by atoms with Gasteiger partial charge in [-0.25, -0.2) is 0 Å². The van der Waals surface area contributed by atoms with Gasteiger partial charge in [-0.3, -0.25) is 0 Å². The molecular formula is C13H22O. The van der Waals surface area contributed by atoms with Crippen molar-refractivity contribution in [3.8, 4) is 0 Å². The molecule has 0 atom stereocenters. The molecule has 0 aromatic heterocycles. The number of allylic oxidation sites excluding steroid dienone is 4. The van der Waals surface area contributed by atoms with Crippen molar-refractivity contribution in [1.29, 1.82) is 0 Å².